The van der Waals surface area contributed by atoms with Gasteiger partial charge >= 0.3 is 12.2 Å². The number of ether oxygens (including phenoxy) is 1. The van der Waals surface area contributed by atoms with Crippen LogP contribution in [-0.4, -0.2) is 5.97 Å². The molecule has 1 aromatic carbocycles. The number of benzene rings is 1. The zero-order valence-corrected chi connectivity index (χ0v) is 7.18. The molecule has 0 amide bonds. The lowest BCUT2D eigenvalue weighted by molar-refractivity contribution is -0.144. The van der Waals surface area contributed by atoms with E-state index in [4.69, 9.17) is 10.1 Å². The molecule has 4 nitrogen and oxygen atoms in total. The third-order valence-electron chi connectivity index (χ3n) is 1.47. The van der Waals surface area contributed by atoms with Crippen LogP contribution >= 0.6 is 0 Å². The van der Waals surface area contributed by atoms with E-state index >= 15 is 0 Å². The van der Waals surface area contributed by atoms with Gasteiger partial charge in [0.25, 0.3) is 0 Å². The van der Waals surface area contributed by atoms with Gasteiger partial charge in [0.05, 0.1) is 5.56 Å². The van der Waals surface area contributed by atoms with Crippen LogP contribution < -0.4 is 0 Å². The monoisotopic (exact) mass is 177 g/mol. The van der Waals surface area contributed by atoms with Gasteiger partial charge in [0.15, 0.2) is 4.98 Å². The minimum absolute atomic E-state index is 0.480. The van der Waals surface area contributed by atoms with Crippen molar-refractivity contribution in [2.75, 3.05) is 0 Å². The second-order valence-electron chi connectivity index (χ2n) is 2.49. The minimum Gasteiger partial charge on any atom is -0.382 e. The summed E-state index contributed by atoms with van der Waals surface area (Å²) in [6.45, 7) is 1.26. The predicted molar refractivity (Wildman–Crippen MR) is 46.0 cm³/mol. The molecule has 0 saturated heterocycles. The van der Waals surface area contributed by atoms with Crippen molar-refractivity contribution in [2.24, 2.45) is 0 Å². The summed E-state index contributed by atoms with van der Waals surface area (Å²) in [6.07, 6.45) is -0.918. The largest absolute Gasteiger partial charge is 0.484 e. The van der Waals surface area contributed by atoms with E-state index in [-0.39, 0.29) is 0 Å². The quantitative estimate of drug-likeness (QED) is 0.513. The molecule has 0 aliphatic carbocycles. The van der Waals surface area contributed by atoms with Crippen LogP contribution in [0.2, 0.25) is 0 Å². The number of hydrogen-bond donors (Lipinski definition) is 0. The van der Waals surface area contributed by atoms with Crippen LogP contribution in [0.3, 0.4) is 0 Å². The smallest absolute Gasteiger partial charge is 0.382 e. The van der Waals surface area contributed by atoms with Gasteiger partial charge in [0.1, 0.15) is 0 Å². The summed E-state index contributed by atoms with van der Waals surface area (Å²) in [5.74, 6) is -0.480. The second-order valence-corrected chi connectivity index (χ2v) is 2.49. The van der Waals surface area contributed by atoms with Crippen molar-refractivity contribution in [1.82, 2.24) is 0 Å². The van der Waals surface area contributed by atoms with Gasteiger partial charge in [-0.25, -0.2) is 0 Å². The maximum absolute atomic E-state index is 10.6. The molecule has 0 aromatic heterocycles. The van der Waals surface area contributed by atoms with Gasteiger partial charge in [-0.05, 0) is 12.1 Å². The molecule has 0 fully saturated rings. The van der Waals surface area contributed by atoms with E-state index in [2.05, 4.69) is 4.98 Å². The number of esters is 1. The fourth-order valence-corrected chi connectivity index (χ4v) is 0.933. The first-order chi connectivity index (χ1) is 6.24. The first-order valence-electron chi connectivity index (χ1n) is 3.80. The van der Waals surface area contributed by atoms with Gasteiger partial charge in [-0.3, -0.25) is 4.79 Å². The molecule has 4 heteroatoms. The molecule has 13 heavy (non-hydrogen) atoms. The second kappa shape index (κ2) is 4.21. The SMILES string of the molecule is CC(=O)OC([N+]#N)c1ccccc1. The Morgan fingerprint density at radius 1 is 1.46 bits per heavy atom. The van der Waals surface area contributed by atoms with Crippen LogP contribution in [0.5, 0.6) is 0 Å². The Labute approximate surface area is 75.8 Å². The Bertz CT molecular complexity index is 329. The predicted octanol–water partition coefficient (Wildman–Crippen LogP) is 2.10. The van der Waals surface area contributed by atoms with Gasteiger partial charge in [0.2, 0.25) is 5.39 Å². The normalized spacial score (nSPS) is 11.4. The molecule has 1 unspecified atom stereocenters. The summed E-state index contributed by atoms with van der Waals surface area (Å²) in [7, 11) is 0. The Kier molecular flexibility index (Phi) is 2.98. The molecular formula is C9H9N2O2+. The van der Waals surface area contributed by atoms with Crippen molar-refractivity contribution in [1.29, 1.82) is 5.39 Å². The fourth-order valence-electron chi connectivity index (χ4n) is 0.933. The van der Waals surface area contributed by atoms with Crippen molar-refractivity contribution >= 4 is 5.97 Å². The van der Waals surface area contributed by atoms with Gasteiger partial charge in [-0.1, -0.05) is 18.2 Å². The van der Waals surface area contributed by atoms with E-state index < -0.39 is 12.2 Å². The summed E-state index contributed by atoms with van der Waals surface area (Å²) in [6, 6.07) is 8.81. The highest BCUT2D eigenvalue weighted by molar-refractivity contribution is 5.66. The van der Waals surface area contributed by atoms with E-state index in [1.807, 2.05) is 6.07 Å². The molecule has 66 valence electrons. The number of nitrogens with zero attached hydrogens (tertiary/aromatic N) is 2. The Balaban J connectivity index is 2.80. The average Bonchev–Trinajstić information content (AvgIpc) is 2.15. The van der Waals surface area contributed by atoms with Crippen LogP contribution in [0.25, 0.3) is 4.98 Å². The standard InChI is InChI=1S/C9H9N2O2/c1-7(12)13-9(11-10)8-5-3-2-4-6-8/h2-6,9H,1H3/q+1. The summed E-state index contributed by atoms with van der Waals surface area (Å²) in [5, 5.41) is 8.58. The molecule has 0 heterocycles. The van der Waals surface area contributed by atoms with Crippen LogP contribution in [-0.2, 0) is 9.53 Å². The average molecular weight is 177 g/mol. The van der Waals surface area contributed by atoms with E-state index in [1.54, 1.807) is 24.3 Å². The van der Waals surface area contributed by atoms with Crippen molar-refractivity contribution in [3.8, 4) is 0 Å². The van der Waals surface area contributed by atoms with E-state index in [0.29, 0.717) is 5.56 Å². The molecular weight excluding hydrogens is 168 g/mol. The number of hydrogen-bond acceptors (Lipinski definition) is 3. The number of carbonyl (C=O) groups excluding carboxylic acids is 1. The van der Waals surface area contributed by atoms with Crippen molar-refractivity contribution in [2.45, 2.75) is 13.2 Å². The summed E-state index contributed by atoms with van der Waals surface area (Å²) in [4.78, 5) is 13.5. The Morgan fingerprint density at radius 3 is 2.54 bits per heavy atom. The van der Waals surface area contributed by atoms with Gasteiger partial charge in [-0.15, -0.1) is 0 Å². The molecule has 0 spiro atoms. The number of carbonyl (C=O) groups is 1. The summed E-state index contributed by atoms with van der Waals surface area (Å²) >= 11 is 0. The molecule has 0 N–H and O–H groups in total. The first-order valence-corrected chi connectivity index (χ1v) is 3.80. The fraction of sp³-hybridized carbons (Fsp3) is 0.222. The van der Waals surface area contributed by atoms with E-state index in [9.17, 15) is 4.79 Å². The lowest BCUT2D eigenvalue weighted by Crippen LogP contribution is -2.04. The van der Waals surface area contributed by atoms with Gasteiger partial charge in [0, 0.05) is 6.92 Å². The number of rotatable bonds is 2. The lowest BCUT2D eigenvalue weighted by atomic mass is 10.2. The van der Waals surface area contributed by atoms with E-state index in [0.717, 1.165) is 0 Å². The zero-order chi connectivity index (χ0) is 9.68. The van der Waals surface area contributed by atoms with Crippen LogP contribution in [0, 0.1) is 5.39 Å². The minimum atomic E-state index is -0.918. The maximum atomic E-state index is 10.6. The number of diazo groups is 1. The Hall–Kier alpha value is -1.89. The van der Waals surface area contributed by atoms with Crippen LogP contribution in [0.1, 0.15) is 18.7 Å². The van der Waals surface area contributed by atoms with E-state index in [1.165, 1.54) is 6.92 Å². The molecule has 0 aliphatic heterocycles. The molecule has 0 radical (unpaired) electrons. The third kappa shape index (κ3) is 2.56. The molecule has 0 saturated carbocycles. The highest BCUT2D eigenvalue weighted by Gasteiger charge is 2.25. The van der Waals surface area contributed by atoms with Gasteiger partial charge < -0.3 is 4.74 Å². The summed E-state index contributed by atoms with van der Waals surface area (Å²) < 4.78 is 4.73. The third-order valence-corrected chi connectivity index (χ3v) is 1.47. The lowest BCUT2D eigenvalue weighted by Gasteiger charge is -1.98. The molecule has 0 bridgehead atoms. The zero-order valence-electron chi connectivity index (χ0n) is 7.18. The summed E-state index contributed by atoms with van der Waals surface area (Å²) in [5.41, 5.74) is 0.639. The molecule has 1 rings (SSSR count). The molecule has 1 atom stereocenters. The molecule has 1 aromatic rings. The van der Waals surface area contributed by atoms with Crippen LogP contribution in [0.4, 0.5) is 0 Å². The maximum Gasteiger partial charge on any atom is 0.484 e. The highest BCUT2D eigenvalue weighted by Crippen LogP contribution is 2.17. The van der Waals surface area contributed by atoms with Crippen LogP contribution in [0.15, 0.2) is 30.3 Å². The first kappa shape index (κ1) is 9.20. The van der Waals surface area contributed by atoms with Gasteiger partial charge in [-0.2, -0.15) is 0 Å². The topological polar surface area (TPSA) is 54.5 Å². The van der Waals surface area contributed by atoms with Crippen molar-refractivity contribution in [3.63, 3.8) is 0 Å². The molecule has 0 aliphatic rings. The van der Waals surface area contributed by atoms with Crippen molar-refractivity contribution in [3.05, 3.63) is 40.9 Å². The highest BCUT2D eigenvalue weighted by atomic mass is 16.6. The van der Waals surface area contributed by atoms with Crippen molar-refractivity contribution < 1.29 is 9.53 Å². The Morgan fingerprint density at radius 2 is 2.08 bits per heavy atom.